The largest absolute Gasteiger partial charge is 0.459 e. The van der Waals surface area contributed by atoms with Crippen molar-refractivity contribution in [2.45, 2.75) is 51.9 Å². The number of carbonyl (C=O) groups is 1. The van der Waals surface area contributed by atoms with E-state index in [2.05, 4.69) is 18.0 Å². The summed E-state index contributed by atoms with van der Waals surface area (Å²) in [6.45, 7) is 4.82. The van der Waals surface area contributed by atoms with Crippen LogP contribution in [0.15, 0.2) is 27.2 Å². The van der Waals surface area contributed by atoms with Gasteiger partial charge in [-0.1, -0.05) is 26.2 Å². The van der Waals surface area contributed by atoms with Crippen molar-refractivity contribution in [1.29, 1.82) is 5.26 Å². The molecule has 1 saturated heterocycles. The number of piperazine rings is 1. The highest BCUT2D eigenvalue weighted by molar-refractivity contribution is 5.79. The highest BCUT2D eigenvalue weighted by Gasteiger charge is 2.32. The molecule has 0 unspecified atom stereocenters. The highest BCUT2D eigenvalue weighted by Crippen LogP contribution is 2.34. The van der Waals surface area contributed by atoms with Crippen LogP contribution in [0.25, 0.3) is 11.7 Å². The van der Waals surface area contributed by atoms with Crippen molar-refractivity contribution in [3.05, 3.63) is 24.1 Å². The van der Waals surface area contributed by atoms with E-state index in [9.17, 15) is 10.1 Å². The lowest BCUT2D eigenvalue weighted by atomic mass is 9.79. The standard InChI is InChI=1S/C23H30N4O3/c1-2-3-5-17-7-9-18(10-8-17)22(28)26-11-13-27(14-12-26)23-19(16-24)25-21(30-23)20-6-4-15-29-20/h4,6,15,17-18H,2-3,5,7-14H2,1H3. The molecule has 0 N–H and O–H groups in total. The Morgan fingerprint density at radius 1 is 1.23 bits per heavy atom. The Morgan fingerprint density at radius 2 is 2.00 bits per heavy atom. The summed E-state index contributed by atoms with van der Waals surface area (Å²) in [6, 6.07) is 5.62. The second-order valence-corrected chi connectivity index (χ2v) is 8.43. The lowest BCUT2D eigenvalue weighted by Crippen LogP contribution is -2.50. The number of hydrogen-bond acceptors (Lipinski definition) is 6. The lowest BCUT2D eigenvalue weighted by molar-refractivity contribution is -0.137. The molecule has 1 amide bonds. The maximum absolute atomic E-state index is 13.0. The molecule has 4 rings (SSSR count). The van der Waals surface area contributed by atoms with Crippen LogP contribution < -0.4 is 4.90 Å². The summed E-state index contributed by atoms with van der Waals surface area (Å²) in [5.41, 5.74) is 0.256. The molecular formula is C23H30N4O3. The normalized spacial score (nSPS) is 22.1. The second kappa shape index (κ2) is 9.38. The number of oxazole rings is 1. The molecule has 0 spiro atoms. The summed E-state index contributed by atoms with van der Waals surface area (Å²) in [4.78, 5) is 21.3. The Morgan fingerprint density at radius 3 is 2.63 bits per heavy atom. The highest BCUT2D eigenvalue weighted by atomic mass is 16.4. The second-order valence-electron chi connectivity index (χ2n) is 8.43. The van der Waals surface area contributed by atoms with Crippen LogP contribution in [0, 0.1) is 23.2 Å². The Balaban J connectivity index is 1.32. The quantitative estimate of drug-likeness (QED) is 0.699. The molecule has 1 aliphatic carbocycles. The van der Waals surface area contributed by atoms with Gasteiger partial charge in [0, 0.05) is 32.1 Å². The molecule has 1 saturated carbocycles. The zero-order valence-corrected chi connectivity index (χ0v) is 17.7. The van der Waals surface area contributed by atoms with Gasteiger partial charge in [0.15, 0.2) is 5.76 Å². The van der Waals surface area contributed by atoms with Crippen LogP contribution in [-0.2, 0) is 4.79 Å². The van der Waals surface area contributed by atoms with Gasteiger partial charge in [-0.25, -0.2) is 0 Å². The average molecular weight is 411 g/mol. The van der Waals surface area contributed by atoms with E-state index in [1.165, 1.54) is 32.1 Å². The van der Waals surface area contributed by atoms with Gasteiger partial charge in [0.25, 0.3) is 5.89 Å². The number of nitriles is 1. The van der Waals surface area contributed by atoms with Crippen LogP contribution in [-0.4, -0.2) is 42.0 Å². The van der Waals surface area contributed by atoms with Gasteiger partial charge < -0.3 is 18.6 Å². The number of nitrogens with zero attached hydrogens (tertiary/aromatic N) is 4. The fourth-order valence-electron chi connectivity index (χ4n) is 4.68. The van der Waals surface area contributed by atoms with Crippen molar-refractivity contribution < 1.29 is 13.6 Å². The topological polar surface area (TPSA) is 86.5 Å². The van der Waals surface area contributed by atoms with Gasteiger partial charge in [0.05, 0.1) is 6.26 Å². The van der Waals surface area contributed by atoms with Crippen molar-refractivity contribution in [3.63, 3.8) is 0 Å². The molecule has 7 nitrogen and oxygen atoms in total. The summed E-state index contributed by atoms with van der Waals surface area (Å²) in [5, 5.41) is 9.45. The molecule has 30 heavy (non-hydrogen) atoms. The molecule has 160 valence electrons. The van der Waals surface area contributed by atoms with E-state index in [0.717, 1.165) is 18.8 Å². The summed E-state index contributed by atoms with van der Waals surface area (Å²) >= 11 is 0. The molecule has 0 radical (unpaired) electrons. The first-order valence-corrected chi connectivity index (χ1v) is 11.2. The van der Waals surface area contributed by atoms with Crippen molar-refractivity contribution >= 4 is 11.8 Å². The van der Waals surface area contributed by atoms with E-state index in [-0.39, 0.29) is 11.6 Å². The molecule has 2 aliphatic rings. The molecular weight excluding hydrogens is 380 g/mol. The number of aromatic nitrogens is 1. The first-order valence-electron chi connectivity index (χ1n) is 11.2. The summed E-state index contributed by atoms with van der Waals surface area (Å²) in [6.07, 6.45) is 9.86. The van der Waals surface area contributed by atoms with Crippen molar-refractivity contribution in [2.24, 2.45) is 11.8 Å². The summed E-state index contributed by atoms with van der Waals surface area (Å²) < 4.78 is 11.2. The van der Waals surface area contributed by atoms with Gasteiger partial charge in [-0.15, -0.1) is 0 Å². The summed E-state index contributed by atoms with van der Waals surface area (Å²) in [5.74, 6) is 2.57. The molecule has 0 aromatic carbocycles. The van der Waals surface area contributed by atoms with Gasteiger partial charge in [-0.05, 0) is 43.7 Å². The van der Waals surface area contributed by atoms with Crippen LogP contribution >= 0.6 is 0 Å². The molecule has 2 fully saturated rings. The van der Waals surface area contributed by atoms with E-state index in [1.807, 2.05) is 9.80 Å². The SMILES string of the molecule is CCCCC1CCC(C(=O)N2CCN(c3oc(-c4ccco4)nc3C#N)CC2)CC1. The minimum Gasteiger partial charge on any atom is -0.459 e. The predicted octanol–water partition coefficient (Wildman–Crippen LogP) is 4.45. The molecule has 0 bridgehead atoms. The third-order valence-corrected chi connectivity index (χ3v) is 6.49. The van der Waals surface area contributed by atoms with Crippen LogP contribution in [0.1, 0.15) is 57.6 Å². The van der Waals surface area contributed by atoms with E-state index < -0.39 is 0 Å². The van der Waals surface area contributed by atoms with Crippen molar-refractivity contribution in [3.8, 4) is 17.7 Å². The van der Waals surface area contributed by atoms with E-state index in [4.69, 9.17) is 8.83 Å². The molecule has 0 atom stereocenters. The van der Waals surface area contributed by atoms with Gasteiger partial charge in [0.2, 0.25) is 17.5 Å². The molecule has 2 aromatic rings. The first-order chi connectivity index (χ1) is 14.7. The number of hydrogen-bond donors (Lipinski definition) is 0. The fraction of sp³-hybridized carbons (Fsp3) is 0.609. The average Bonchev–Trinajstić information content (AvgIpc) is 3.47. The fourth-order valence-corrected chi connectivity index (χ4v) is 4.68. The Bertz CT molecular complexity index is 867. The number of carbonyl (C=O) groups excluding carboxylic acids is 1. The maximum atomic E-state index is 13.0. The third-order valence-electron chi connectivity index (χ3n) is 6.49. The van der Waals surface area contributed by atoms with Crippen LogP contribution in [0.5, 0.6) is 0 Å². The van der Waals surface area contributed by atoms with E-state index in [0.29, 0.717) is 49.6 Å². The minimum atomic E-state index is 0.180. The first kappa shape index (κ1) is 20.5. The summed E-state index contributed by atoms with van der Waals surface area (Å²) in [7, 11) is 0. The van der Waals surface area contributed by atoms with Gasteiger partial charge in [-0.2, -0.15) is 10.2 Å². The number of amides is 1. The predicted molar refractivity (Wildman–Crippen MR) is 113 cm³/mol. The van der Waals surface area contributed by atoms with Gasteiger partial charge in [-0.3, -0.25) is 4.79 Å². The number of rotatable bonds is 6. The number of unbranched alkanes of at least 4 members (excludes halogenated alkanes) is 1. The smallest absolute Gasteiger partial charge is 0.266 e. The number of furan rings is 1. The third kappa shape index (κ3) is 4.38. The molecule has 2 aromatic heterocycles. The van der Waals surface area contributed by atoms with Gasteiger partial charge in [0.1, 0.15) is 6.07 Å². The zero-order valence-electron chi connectivity index (χ0n) is 17.7. The van der Waals surface area contributed by atoms with E-state index in [1.54, 1.807) is 18.4 Å². The molecule has 3 heterocycles. The molecule has 7 heteroatoms. The maximum Gasteiger partial charge on any atom is 0.266 e. The van der Waals surface area contributed by atoms with Gasteiger partial charge >= 0.3 is 0 Å². The van der Waals surface area contributed by atoms with Crippen LogP contribution in [0.3, 0.4) is 0 Å². The zero-order chi connectivity index (χ0) is 20.9. The van der Waals surface area contributed by atoms with Crippen molar-refractivity contribution in [1.82, 2.24) is 9.88 Å². The monoisotopic (exact) mass is 410 g/mol. The van der Waals surface area contributed by atoms with E-state index >= 15 is 0 Å². The minimum absolute atomic E-state index is 0.180. The lowest BCUT2D eigenvalue weighted by Gasteiger charge is -2.37. The Kier molecular flexibility index (Phi) is 6.41. The van der Waals surface area contributed by atoms with Crippen LogP contribution in [0.2, 0.25) is 0 Å². The Hall–Kier alpha value is -2.75. The van der Waals surface area contributed by atoms with Crippen molar-refractivity contribution in [2.75, 3.05) is 31.1 Å². The van der Waals surface area contributed by atoms with Crippen LogP contribution in [0.4, 0.5) is 5.88 Å². The molecule has 1 aliphatic heterocycles. The Labute approximate surface area is 177 Å². The number of anilines is 1.